The van der Waals surface area contributed by atoms with Crippen LogP contribution < -0.4 is 0 Å². The zero-order valence-corrected chi connectivity index (χ0v) is 13.3. The molecule has 3 atom stereocenters. The summed E-state index contributed by atoms with van der Waals surface area (Å²) in [6.45, 7) is 1.84. The van der Waals surface area contributed by atoms with E-state index in [2.05, 4.69) is 4.99 Å². The van der Waals surface area contributed by atoms with Crippen LogP contribution in [-0.4, -0.2) is 47.0 Å². The van der Waals surface area contributed by atoms with Crippen LogP contribution in [0.2, 0.25) is 5.02 Å². The van der Waals surface area contributed by atoms with E-state index in [4.69, 9.17) is 21.6 Å². The molecule has 2 heterocycles. The Balaban J connectivity index is 2.00. The van der Waals surface area contributed by atoms with Crippen molar-refractivity contribution in [2.75, 3.05) is 6.54 Å². The van der Waals surface area contributed by atoms with Gasteiger partial charge in [-0.3, -0.25) is 0 Å². The molecule has 0 spiro atoms. The standard InChI is InChI=1S/C15H13ClF3N3O2/c1-7-9(3-2-8(6-20)11(7)16)21-14-22-5-4-10(23)12(22)13(24-14)15(17,18)19/h2-3,10,12-13,23H,4-5H2,1H3/b21-14-/t10?,12-,13+/m0/s1. The predicted molar refractivity (Wildman–Crippen MR) is 80.0 cm³/mol. The van der Waals surface area contributed by atoms with Crippen molar-refractivity contribution in [3.05, 3.63) is 28.3 Å². The number of aliphatic hydroxyl groups excluding tert-OH is 1. The fraction of sp³-hybridized carbons (Fsp3) is 0.467. The molecule has 24 heavy (non-hydrogen) atoms. The molecule has 1 aromatic carbocycles. The van der Waals surface area contributed by atoms with Gasteiger partial charge in [0.1, 0.15) is 12.1 Å². The number of hydrogen-bond donors (Lipinski definition) is 1. The maximum atomic E-state index is 13.2. The topological polar surface area (TPSA) is 68.8 Å². The number of aliphatic hydroxyl groups is 1. The van der Waals surface area contributed by atoms with Crippen molar-refractivity contribution in [2.24, 2.45) is 4.99 Å². The molecule has 5 nitrogen and oxygen atoms in total. The molecule has 0 aliphatic carbocycles. The van der Waals surface area contributed by atoms with Crippen molar-refractivity contribution in [1.29, 1.82) is 5.26 Å². The second-order valence-electron chi connectivity index (χ2n) is 5.70. The molecule has 3 rings (SSSR count). The number of nitriles is 1. The van der Waals surface area contributed by atoms with E-state index < -0.39 is 24.4 Å². The van der Waals surface area contributed by atoms with Crippen molar-refractivity contribution in [2.45, 2.75) is 37.8 Å². The van der Waals surface area contributed by atoms with Gasteiger partial charge in [0.2, 0.25) is 6.10 Å². The van der Waals surface area contributed by atoms with Gasteiger partial charge in [0.25, 0.3) is 6.02 Å². The number of nitrogens with zero attached hydrogens (tertiary/aromatic N) is 3. The second-order valence-corrected chi connectivity index (χ2v) is 6.08. The number of alkyl halides is 3. The first-order valence-electron chi connectivity index (χ1n) is 7.20. The lowest BCUT2D eigenvalue weighted by Gasteiger charge is -2.21. The summed E-state index contributed by atoms with van der Waals surface area (Å²) in [5.74, 6) is 0. The average Bonchev–Trinajstić information content (AvgIpc) is 3.06. The molecule has 2 saturated heterocycles. The second kappa shape index (κ2) is 5.83. The van der Waals surface area contributed by atoms with Gasteiger partial charge in [-0.25, -0.2) is 0 Å². The highest BCUT2D eigenvalue weighted by atomic mass is 35.5. The van der Waals surface area contributed by atoms with Gasteiger partial charge in [-0.15, -0.1) is 0 Å². The third kappa shape index (κ3) is 2.68. The van der Waals surface area contributed by atoms with E-state index >= 15 is 0 Å². The highest BCUT2D eigenvalue weighted by Crippen LogP contribution is 2.39. The fourth-order valence-corrected chi connectivity index (χ4v) is 3.18. The fourth-order valence-electron chi connectivity index (χ4n) is 2.97. The Hall–Kier alpha value is -1.98. The molecule has 1 aromatic rings. The largest absolute Gasteiger partial charge is 0.450 e. The van der Waals surface area contributed by atoms with Gasteiger partial charge < -0.3 is 14.7 Å². The van der Waals surface area contributed by atoms with E-state index in [9.17, 15) is 18.3 Å². The summed E-state index contributed by atoms with van der Waals surface area (Å²) in [6.07, 6.45) is -7.65. The SMILES string of the molecule is Cc1c(/N=C2\O[C@@H](C(F)(F)F)[C@@H]3C(O)CCN23)ccc(C#N)c1Cl. The average molecular weight is 360 g/mol. The summed E-state index contributed by atoms with van der Waals surface area (Å²) < 4.78 is 44.5. The maximum Gasteiger partial charge on any atom is 0.427 e. The van der Waals surface area contributed by atoms with E-state index in [0.29, 0.717) is 11.3 Å². The molecule has 128 valence electrons. The number of halogens is 4. The van der Waals surface area contributed by atoms with Gasteiger partial charge in [0, 0.05) is 6.54 Å². The van der Waals surface area contributed by atoms with Crippen LogP contribution in [0.1, 0.15) is 17.5 Å². The van der Waals surface area contributed by atoms with Crippen LogP contribution in [0.15, 0.2) is 17.1 Å². The highest BCUT2D eigenvalue weighted by Gasteiger charge is 2.59. The summed E-state index contributed by atoms with van der Waals surface area (Å²) in [5, 5.41) is 19.0. The molecule has 9 heteroatoms. The van der Waals surface area contributed by atoms with Gasteiger partial charge in [0.05, 0.1) is 22.4 Å². The molecule has 2 fully saturated rings. The lowest BCUT2D eigenvalue weighted by Crippen LogP contribution is -2.45. The van der Waals surface area contributed by atoms with Crippen LogP contribution in [-0.2, 0) is 4.74 Å². The minimum atomic E-state index is -4.61. The van der Waals surface area contributed by atoms with Gasteiger partial charge >= 0.3 is 6.18 Å². The monoisotopic (exact) mass is 359 g/mol. The summed E-state index contributed by atoms with van der Waals surface area (Å²) in [6, 6.07) is 3.48. The van der Waals surface area contributed by atoms with Crippen LogP contribution in [0.4, 0.5) is 18.9 Å². The molecule has 0 bridgehead atoms. The molecule has 1 N–H and O–H groups in total. The van der Waals surface area contributed by atoms with Gasteiger partial charge in [-0.1, -0.05) is 11.6 Å². The lowest BCUT2D eigenvalue weighted by molar-refractivity contribution is -0.203. The third-order valence-corrected chi connectivity index (χ3v) is 4.71. The quantitative estimate of drug-likeness (QED) is 0.837. The number of amidine groups is 1. The van der Waals surface area contributed by atoms with E-state index in [0.717, 1.165) is 0 Å². The van der Waals surface area contributed by atoms with E-state index in [-0.39, 0.29) is 29.6 Å². The molecule has 1 unspecified atom stereocenters. The molecule has 0 aromatic heterocycles. The summed E-state index contributed by atoms with van der Waals surface area (Å²) in [5.41, 5.74) is 1.05. The van der Waals surface area contributed by atoms with Crippen molar-refractivity contribution < 1.29 is 23.0 Å². The zero-order valence-electron chi connectivity index (χ0n) is 12.5. The Morgan fingerprint density at radius 2 is 2.17 bits per heavy atom. The van der Waals surface area contributed by atoms with Crippen molar-refractivity contribution in [1.82, 2.24) is 4.90 Å². The maximum absolute atomic E-state index is 13.2. The third-order valence-electron chi connectivity index (χ3n) is 4.23. The number of rotatable bonds is 1. The molecular weight excluding hydrogens is 347 g/mol. The lowest BCUT2D eigenvalue weighted by atomic mass is 10.1. The minimum absolute atomic E-state index is 0.192. The van der Waals surface area contributed by atoms with Crippen LogP contribution in [0, 0.1) is 18.3 Å². The first-order chi connectivity index (χ1) is 11.2. The van der Waals surface area contributed by atoms with Crippen LogP contribution in [0.3, 0.4) is 0 Å². The Morgan fingerprint density at radius 3 is 2.79 bits per heavy atom. The number of fused-ring (bicyclic) bond motifs is 1. The Morgan fingerprint density at radius 1 is 1.46 bits per heavy atom. The van der Waals surface area contributed by atoms with Crippen LogP contribution in [0.25, 0.3) is 0 Å². The molecule has 2 aliphatic rings. The molecule has 2 aliphatic heterocycles. The first-order valence-corrected chi connectivity index (χ1v) is 7.58. The smallest absolute Gasteiger partial charge is 0.427 e. The summed E-state index contributed by atoms with van der Waals surface area (Å²) >= 11 is 6.05. The molecule has 0 amide bonds. The van der Waals surface area contributed by atoms with E-state index in [1.807, 2.05) is 6.07 Å². The van der Waals surface area contributed by atoms with Crippen molar-refractivity contribution in [3.63, 3.8) is 0 Å². The zero-order chi connectivity index (χ0) is 17.6. The predicted octanol–water partition coefficient (Wildman–Crippen LogP) is 2.90. The van der Waals surface area contributed by atoms with Gasteiger partial charge in [0.15, 0.2) is 0 Å². The number of hydrogen-bond acceptors (Lipinski definition) is 4. The van der Waals surface area contributed by atoms with Crippen molar-refractivity contribution in [3.8, 4) is 6.07 Å². The normalized spacial score (nSPS) is 28.0. The minimum Gasteiger partial charge on any atom is -0.450 e. The number of benzene rings is 1. The molecular formula is C15H13ClF3N3O2. The Labute approximate surface area is 140 Å². The summed E-state index contributed by atoms with van der Waals surface area (Å²) in [7, 11) is 0. The van der Waals surface area contributed by atoms with Gasteiger partial charge in [-0.2, -0.15) is 23.4 Å². The molecule has 0 saturated carbocycles. The Kier molecular flexibility index (Phi) is 4.10. The van der Waals surface area contributed by atoms with E-state index in [1.165, 1.54) is 17.0 Å². The number of aliphatic imine (C=N–C) groups is 1. The first kappa shape index (κ1) is 16.9. The Bertz CT molecular complexity index is 745. The van der Waals surface area contributed by atoms with Crippen molar-refractivity contribution >= 4 is 23.3 Å². The van der Waals surface area contributed by atoms with Gasteiger partial charge in [-0.05, 0) is 31.0 Å². The number of ether oxygens (including phenoxy) is 1. The highest BCUT2D eigenvalue weighted by molar-refractivity contribution is 6.32. The van der Waals surface area contributed by atoms with Crippen LogP contribution >= 0.6 is 11.6 Å². The van der Waals surface area contributed by atoms with Crippen LogP contribution in [0.5, 0.6) is 0 Å². The van der Waals surface area contributed by atoms with E-state index in [1.54, 1.807) is 6.92 Å². The molecule has 0 radical (unpaired) electrons. The summed E-state index contributed by atoms with van der Waals surface area (Å²) in [4.78, 5) is 5.48.